The highest BCUT2D eigenvalue weighted by Crippen LogP contribution is 2.33. The van der Waals surface area contributed by atoms with Crippen molar-refractivity contribution in [3.05, 3.63) is 70.9 Å². The number of thioether (sulfide) groups is 1. The highest BCUT2D eigenvalue weighted by molar-refractivity contribution is 7.99. The highest BCUT2D eigenvalue weighted by Gasteiger charge is 2.23. The standard InChI is InChI=1S/C24H23N5O3S2/c1-4-32-23(31)20-15(2)16(3)34-22(20)26-19(30)14-33-24-28-27-21(17-9-8-12-25-13-17)29(24)18-10-6-5-7-11-18/h5-13H,4,14H2,1-3H3,(H,26,30). The summed E-state index contributed by atoms with van der Waals surface area (Å²) < 4.78 is 7.07. The maximum absolute atomic E-state index is 12.8. The van der Waals surface area contributed by atoms with Crippen LogP contribution in [0.2, 0.25) is 0 Å². The maximum atomic E-state index is 12.8. The molecule has 0 spiro atoms. The van der Waals surface area contributed by atoms with E-state index in [0.717, 1.165) is 21.7 Å². The fraction of sp³-hybridized carbons (Fsp3) is 0.208. The van der Waals surface area contributed by atoms with Crippen LogP contribution in [0.25, 0.3) is 17.1 Å². The average molecular weight is 494 g/mol. The molecule has 4 aromatic rings. The number of carbonyl (C=O) groups is 2. The number of hydrogen-bond donors (Lipinski definition) is 1. The smallest absolute Gasteiger partial charge is 0.341 e. The lowest BCUT2D eigenvalue weighted by Crippen LogP contribution is -2.16. The van der Waals surface area contributed by atoms with Crippen LogP contribution in [0.3, 0.4) is 0 Å². The van der Waals surface area contributed by atoms with Crippen LogP contribution in [0.15, 0.2) is 60.0 Å². The number of nitrogens with zero attached hydrogens (tertiary/aromatic N) is 4. The molecule has 0 bridgehead atoms. The molecule has 0 aliphatic rings. The van der Waals surface area contributed by atoms with Crippen molar-refractivity contribution in [1.29, 1.82) is 0 Å². The van der Waals surface area contributed by atoms with Gasteiger partial charge in [0.25, 0.3) is 0 Å². The number of carbonyl (C=O) groups excluding carboxylic acids is 2. The molecule has 3 heterocycles. The van der Waals surface area contributed by atoms with Crippen LogP contribution in [0.4, 0.5) is 5.00 Å². The molecule has 0 saturated carbocycles. The van der Waals surface area contributed by atoms with Gasteiger partial charge in [-0.2, -0.15) is 0 Å². The van der Waals surface area contributed by atoms with Crippen LogP contribution in [-0.2, 0) is 9.53 Å². The minimum absolute atomic E-state index is 0.0935. The Morgan fingerprint density at radius 1 is 1.12 bits per heavy atom. The monoisotopic (exact) mass is 493 g/mol. The summed E-state index contributed by atoms with van der Waals surface area (Å²) in [6, 6.07) is 13.5. The lowest BCUT2D eigenvalue weighted by molar-refractivity contribution is -0.113. The lowest BCUT2D eigenvalue weighted by atomic mass is 10.1. The van der Waals surface area contributed by atoms with Gasteiger partial charge in [0.15, 0.2) is 11.0 Å². The van der Waals surface area contributed by atoms with Crippen molar-refractivity contribution in [2.24, 2.45) is 0 Å². The van der Waals surface area contributed by atoms with Crippen molar-refractivity contribution >= 4 is 40.0 Å². The molecule has 0 aliphatic carbocycles. The molecule has 0 aliphatic heterocycles. The first-order chi connectivity index (χ1) is 16.5. The van der Waals surface area contributed by atoms with Crippen LogP contribution < -0.4 is 5.32 Å². The second-order valence-corrected chi connectivity index (χ2v) is 9.43. The van der Waals surface area contributed by atoms with Crippen molar-refractivity contribution in [3.8, 4) is 17.1 Å². The van der Waals surface area contributed by atoms with Crippen LogP contribution in [0, 0.1) is 13.8 Å². The van der Waals surface area contributed by atoms with Crippen molar-refractivity contribution in [1.82, 2.24) is 19.7 Å². The third kappa shape index (κ3) is 5.02. The quantitative estimate of drug-likeness (QED) is 0.275. The first-order valence-corrected chi connectivity index (χ1v) is 12.4. The molecule has 1 aromatic carbocycles. The number of benzene rings is 1. The summed E-state index contributed by atoms with van der Waals surface area (Å²) in [5.74, 6) is 0.0480. The Balaban J connectivity index is 1.56. The number of nitrogens with one attached hydrogen (secondary N) is 1. The van der Waals surface area contributed by atoms with Gasteiger partial charge < -0.3 is 10.1 Å². The maximum Gasteiger partial charge on any atom is 0.341 e. The summed E-state index contributed by atoms with van der Waals surface area (Å²) in [7, 11) is 0. The van der Waals surface area contributed by atoms with E-state index in [4.69, 9.17) is 4.74 Å². The Bertz CT molecular complexity index is 1300. The average Bonchev–Trinajstić information content (AvgIpc) is 3.39. The molecule has 8 nitrogen and oxygen atoms in total. The van der Waals surface area contributed by atoms with Gasteiger partial charge in [0, 0.05) is 28.5 Å². The van der Waals surface area contributed by atoms with Gasteiger partial charge in [-0.05, 0) is 50.6 Å². The van der Waals surface area contributed by atoms with Gasteiger partial charge in [-0.1, -0.05) is 30.0 Å². The molecule has 0 fully saturated rings. The molecule has 34 heavy (non-hydrogen) atoms. The van der Waals surface area contributed by atoms with E-state index < -0.39 is 5.97 Å². The second kappa shape index (κ2) is 10.6. The number of anilines is 1. The number of thiophene rings is 1. The van der Waals surface area contributed by atoms with Gasteiger partial charge in [0.1, 0.15) is 5.00 Å². The summed E-state index contributed by atoms with van der Waals surface area (Å²) in [5, 5.41) is 12.6. The molecule has 10 heteroatoms. The molecule has 0 atom stereocenters. The van der Waals surface area contributed by atoms with Crippen LogP contribution in [-0.4, -0.2) is 44.0 Å². The fourth-order valence-corrected chi connectivity index (χ4v) is 5.13. The van der Waals surface area contributed by atoms with E-state index >= 15 is 0 Å². The molecule has 3 aromatic heterocycles. The molecular formula is C24H23N5O3S2. The first kappa shape index (κ1) is 23.7. The molecule has 0 unspecified atom stereocenters. The van der Waals surface area contributed by atoms with E-state index in [1.807, 2.05) is 60.9 Å². The number of ether oxygens (including phenoxy) is 1. The SMILES string of the molecule is CCOC(=O)c1c(NC(=O)CSc2nnc(-c3cccnc3)n2-c2ccccc2)sc(C)c1C. The van der Waals surface area contributed by atoms with Crippen LogP contribution in [0.5, 0.6) is 0 Å². The second-order valence-electron chi connectivity index (χ2n) is 7.26. The molecule has 1 amide bonds. The Hall–Kier alpha value is -3.50. The number of rotatable bonds is 8. The molecule has 0 radical (unpaired) electrons. The Kier molecular flexibility index (Phi) is 7.39. The predicted molar refractivity (Wildman–Crippen MR) is 134 cm³/mol. The Morgan fingerprint density at radius 3 is 2.62 bits per heavy atom. The highest BCUT2D eigenvalue weighted by atomic mass is 32.2. The zero-order valence-electron chi connectivity index (χ0n) is 18.9. The first-order valence-electron chi connectivity index (χ1n) is 10.6. The molecule has 0 saturated heterocycles. The van der Waals surface area contributed by atoms with E-state index in [0.29, 0.717) is 21.5 Å². The van der Waals surface area contributed by atoms with Gasteiger partial charge in [-0.25, -0.2) is 4.79 Å². The van der Waals surface area contributed by atoms with E-state index in [-0.39, 0.29) is 18.3 Å². The van der Waals surface area contributed by atoms with Crippen molar-refractivity contribution < 1.29 is 14.3 Å². The third-order valence-corrected chi connectivity index (χ3v) is 7.07. The molecule has 174 valence electrons. The minimum atomic E-state index is -0.433. The predicted octanol–water partition coefficient (Wildman–Crippen LogP) is 4.92. The molecule has 4 rings (SSSR count). The number of hydrogen-bond acceptors (Lipinski definition) is 8. The van der Waals surface area contributed by atoms with Gasteiger partial charge in [0.05, 0.1) is 17.9 Å². The van der Waals surface area contributed by atoms with Crippen molar-refractivity contribution in [2.45, 2.75) is 25.9 Å². The van der Waals surface area contributed by atoms with Gasteiger partial charge in [0.2, 0.25) is 5.91 Å². The normalized spacial score (nSPS) is 10.8. The van der Waals surface area contributed by atoms with Crippen LogP contribution >= 0.6 is 23.1 Å². The topological polar surface area (TPSA) is 99.0 Å². The number of esters is 1. The van der Waals surface area contributed by atoms with Gasteiger partial charge in [-0.3, -0.25) is 14.3 Å². The zero-order valence-corrected chi connectivity index (χ0v) is 20.6. The number of aryl methyl sites for hydroxylation is 1. The van der Waals surface area contributed by atoms with E-state index in [2.05, 4.69) is 20.5 Å². The zero-order chi connectivity index (χ0) is 24.1. The molecular weight excluding hydrogens is 470 g/mol. The van der Waals surface area contributed by atoms with Crippen molar-refractivity contribution in [2.75, 3.05) is 17.7 Å². The van der Waals surface area contributed by atoms with Gasteiger partial charge >= 0.3 is 5.97 Å². The summed E-state index contributed by atoms with van der Waals surface area (Å²) in [6.45, 7) is 5.79. The van der Waals surface area contributed by atoms with Crippen LogP contribution in [0.1, 0.15) is 27.7 Å². The number of para-hydroxylation sites is 1. The van der Waals surface area contributed by atoms with E-state index in [1.165, 1.54) is 23.1 Å². The number of amides is 1. The fourth-order valence-electron chi connectivity index (χ4n) is 3.31. The largest absolute Gasteiger partial charge is 0.462 e. The van der Waals surface area contributed by atoms with Crippen molar-refractivity contribution in [3.63, 3.8) is 0 Å². The number of pyridine rings is 1. The summed E-state index contributed by atoms with van der Waals surface area (Å²) in [6.07, 6.45) is 3.42. The van der Waals surface area contributed by atoms with E-state index in [1.54, 1.807) is 19.3 Å². The Morgan fingerprint density at radius 2 is 1.91 bits per heavy atom. The van der Waals surface area contributed by atoms with E-state index in [9.17, 15) is 9.59 Å². The molecule has 1 N–H and O–H groups in total. The van der Waals surface area contributed by atoms with Gasteiger partial charge in [-0.15, -0.1) is 21.5 Å². The Labute approximate surface area is 205 Å². The summed E-state index contributed by atoms with van der Waals surface area (Å²) in [4.78, 5) is 30.4. The summed E-state index contributed by atoms with van der Waals surface area (Å²) >= 11 is 2.63. The third-order valence-electron chi connectivity index (χ3n) is 5.02. The number of aromatic nitrogens is 4. The summed E-state index contributed by atoms with van der Waals surface area (Å²) in [5.41, 5.74) is 2.92. The lowest BCUT2D eigenvalue weighted by Gasteiger charge is -2.10. The minimum Gasteiger partial charge on any atom is -0.462 e.